The van der Waals surface area contributed by atoms with E-state index in [2.05, 4.69) is 9.84 Å². The number of hydrogen-bond acceptors (Lipinski definition) is 3. The van der Waals surface area contributed by atoms with E-state index in [-0.39, 0.29) is 12.3 Å². The monoisotopic (exact) mass is 281 g/mol. The van der Waals surface area contributed by atoms with Gasteiger partial charge in [0.1, 0.15) is 5.75 Å². The summed E-state index contributed by atoms with van der Waals surface area (Å²) in [5.74, 6) is 0.101. The molecule has 2 N–H and O–H groups in total. The molecule has 4 nitrogen and oxygen atoms in total. The minimum absolute atomic E-state index is 0.101. The fourth-order valence-corrected chi connectivity index (χ4v) is 2.09. The molecule has 0 spiro atoms. The first-order chi connectivity index (χ1) is 9.55. The van der Waals surface area contributed by atoms with Crippen LogP contribution in [0.15, 0.2) is 24.4 Å². The molecule has 20 heavy (non-hydrogen) atoms. The van der Waals surface area contributed by atoms with Crippen LogP contribution in [-0.2, 0) is 13.0 Å². The number of alkyl halides is 2. The molecule has 0 aliphatic carbocycles. The van der Waals surface area contributed by atoms with E-state index in [9.17, 15) is 8.78 Å². The Kier molecular flexibility index (Phi) is 4.34. The highest BCUT2D eigenvalue weighted by Gasteiger charge is 2.11. The van der Waals surface area contributed by atoms with Gasteiger partial charge < -0.3 is 10.5 Å². The van der Waals surface area contributed by atoms with Crippen LogP contribution in [0, 0.1) is 6.92 Å². The van der Waals surface area contributed by atoms with Gasteiger partial charge in [-0.05, 0) is 42.7 Å². The van der Waals surface area contributed by atoms with Gasteiger partial charge >= 0.3 is 6.61 Å². The van der Waals surface area contributed by atoms with E-state index in [1.54, 1.807) is 10.7 Å². The molecular weight excluding hydrogens is 264 g/mol. The van der Waals surface area contributed by atoms with Gasteiger partial charge in [0, 0.05) is 12.7 Å². The Hall–Kier alpha value is -1.95. The van der Waals surface area contributed by atoms with Crippen molar-refractivity contribution in [1.82, 2.24) is 9.78 Å². The number of rotatable bonds is 5. The topological polar surface area (TPSA) is 53.1 Å². The van der Waals surface area contributed by atoms with E-state index in [4.69, 9.17) is 5.73 Å². The van der Waals surface area contributed by atoms with Gasteiger partial charge in [0.25, 0.3) is 0 Å². The molecule has 0 bridgehead atoms. The average Bonchev–Trinajstić information content (AvgIpc) is 2.79. The average molecular weight is 281 g/mol. The Bertz CT molecular complexity index is 596. The molecular formula is C14H17F2N3O. The Morgan fingerprint density at radius 2 is 2.15 bits per heavy atom. The minimum Gasteiger partial charge on any atom is -0.435 e. The van der Waals surface area contributed by atoms with Crippen molar-refractivity contribution in [3.63, 3.8) is 0 Å². The van der Waals surface area contributed by atoms with Gasteiger partial charge in [-0.1, -0.05) is 6.92 Å². The summed E-state index contributed by atoms with van der Waals surface area (Å²) < 4.78 is 30.5. The van der Waals surface area contributed by atoms with Crippen LogP contribution < -0.4 is 10.5 Å². The van der Waals surface area contributed by atoms with Crippen molar-refractivity contribution in [3.8, 4) is 11.4 Å². The lowest BCUT2D eigenvalue weighted by atomic mass is 10.1. The molecule has 0 saturated heterocycles. The van der Waals surface area contributed by atoms with Gasteiger partial charge in [-0.15, -0.1) is 0 Å². The molecule has 0 fully saturated rings. The summed E-state index contributed by atoms with van der Waals surface area (Å²) in [5.41, 5.74) is 9.25. The van der Waals surface area contributed by atoms with Crippen LogP contribution in [0.2, 0.25) is 0 Å². The number of benzene rings is 1. The summed E-state index contributed by atoms with van der Waals surface area (Å²) in [6, 6.07) is 4.69. The van der Waals surface area contributed by atoms with Crippen LogP contribution in [0.3, 0.4) is 0 Å². The maximum absolute atomic E-state index is 12.2. The molecule has 0 radical (unpaired) electrons. The largest absolute Gasteiger partial charge is 0.435 e. The van der Waals surface area contributed by atoms with Crippen LogP contribution >= 0.6 is 0 Å². The molecule has 6 heteroatoms. The summed E-state index contributed by atoms with van der Waals surface area (Å²) >= 11 is 0. The second-order valence-corrected chi connectivity index (χ2v) is 4.43. The fraction of sp³-hybridized carbons (Fsp3) is 0.357. The number of hydrogen-bond donors (Lipinski definition) is 1. The fourth-order valence-electron chi connectivity index (χ4n) is 2.09. The third-order valence-corrected chi connectivity index (χ3v) is 3.08. The van der Waals surface area contributed by atoms with Crippen molar-refractivity contribution >= 4 is 0 Å². The molecule has 2 rings (SSSR count). The number of halogens is 2. The van der Waals surface area contributed by atoms with E-state index in [0.29, 0.717) is 5.56 Å². The predicted molar refractivity (Wildman–Crippen MR) is 72.2 cm³/mol. The Morgan fingerprint density at radius 3 is 2.70 bits per heavy atom. The summed E-state index contributed by atoms with van der Waals surface area (Å²) in [7, 11) is 0. The molecule has 1 heterocycles. The van der Waals surface area contributed by atoms with Crippen molar-refractivity contribution in [3.05, 3.63) is 41.2 Å². The van der Waals surface area contributed by atoms with Gasteiger partial charge in [-0.2, -0.15) is 13.9 Å². The SMILES string of the molecule is CCc1nn(-c2ccc(OC(F)F)cc2CN)cc1C. The number of ether oxygens (including phenoxy) is 1. The number of aryl methyl sites for hydroxylation is 2. The first-order valence-corrected chi connectivity index (χ1v) is 6.38. The highest BCUT2D eigenvalue weighted by Crippen LogP contribution is 2.23. The van der Waals surface area contributed by atoms with Gasteiger partial charge in [-0.3, -0.25) is 0 Å². The second-order valence-electron chi connectivity index (χ2n) is 4.43. The highest BCUT2D eigenvalue weighted by molar-refractivity contribution is 5.46. The van der Waals surface area contributed by atoms with E-state index in [1.165, 1.54) is 12.1 Å². The van der Waals surface area contributed by atoms with Crippen LogP contribution in [0.4, 0.5) is 8.78 Å². The number of nitrogens with zero attached hydrogens (tertiary/aromatic N) is 2. The molecule has 0 atom stereocenters. The standard InChI is InChI=1S/C14H17F2N3O/c1-3-12-9(2)8-19(18-12)13-5-4-11(20-14(15)16)6-10(13)7-17/h4-6,8,14H,3,7,17H2,1-2H3. The lowest BCUT2D eigenvalue weighted by Gasteiger charge is -2.11. The van der Waals surface area contributed by atoms with Crippen LogP contribution in [0.25, 0.3) is 5.69 Å². The highest BCUT2D eigenvalue weighted by atomic mass is 19.3. The van der Waals surface area contributed by atoms with Gasteiger partial charge in [0.15, 0.2) is 0 Å². The zero-order chi connectivity index (χ0) is 14.7. The lowest BCUT2D eigenvalue weighted by Crippen LogP contribution is -2.08. The Morgan fingerprint density at radius 1 is 1.40 bits per heavy atom. The van der Waals surface area contributed by atoms with E-state index in [1.807, 2.05) is 20.0 Å². The zero-order valence-corrected chi connectivity index (χ0v) is 11.4. The van der Waals surface area contributed by atoms with Gasteiger partial charge in [0.05, 0.1) is 11.4 Å². The first-order valence-electron chi connectivity index (χ1n) is 6.38. The van der Waals surface area contributed by atoms with E-state index >= 15 is 0 Å². The van der Waals surface area contributed by atoms with Crippen LogP contribution in [0.1, 0.15) is 23.7 Å². The summed E-state index contributed by atoms with van der Waals surface area (Å²) in [5, 5.41) is 4.47. The zero-order valence-electron chi connectivity index (χ0n) is 11.4. The molecule has 0 aliphatic rings. The maximum Gasteiger partial charge on any atom is 0.387 e. The van der Waals surface area contributed by atoms with Crippen molar-refractivity contribution < 1.29 is 13.5 Å². The molecule has 1 aromatic carbocycles. The second kappa shape index (κ2) is 6.00. The summed E-state index contributed by atoms with van der Waals surface area (Å²) in [6.07, 6.45) is 2.74. The third-order valence-electron chi connectivity index (χ3n) is 3.08. The van der Waals surface area contributed by atoms with Crippen LogP contribution in [-0.4, -0.2) is 16.4 Å². The van der Waals surface area contributed by atoms with E-state index < -0.39 is 6.61 Å². The van der Waals surface area contributed by atoms with Crippen molar-refractivity contribution in [2.24, 2.45) is 5.73 Å². The molecule has 0 unspecified atom stereocenters. The van der Waals surface area contributed by atoms with E-state index in [0.717, 1.165) is 23.4 Å². The van der Waals surface area contributed by atoms with Crippen LogP contribution in [0.5, 0.6) is 5.75 Å². The van der Waals surface area contributed by atoms with Crippen molar-refractivity contribution in [1.29, 1.82) is 0 Å². The van der Waals surface area contributed by atoms with Crippen molar-refractivity contribution in [2.45, 2.75) is 33.4 Å². The molecule has 0 saturated carbocycles. The Balaban J connectivity index is 2.40. The molecule has 1 aromatic heterocycles. The molecule has 2 aromatic rings. The maximum atomic E-state index is 12.2. The third kappa shape index (κ3) is 2.96. The quantitative estimate of drug-likeness (QED) is 0.917. The molecule has 108 valence electrons. The lowest BCUT2D eigenvalue weighted by molar-refractivity contribution is -0.0498. The molecule has 0 aliphatic heterocycles. The molecule has 0 amide bonds. The smallest absolute Gasteiger partial charge is 0.387 e. The normalized spacial score (nSPS) is 11.1. The van der Waals surface area contributed by atoms with Crippen molar-refractivity contribution in [2.75, 3.05) is 0 Å². The van der Waals surface area contributed by atoms with Gasteiger partial charge in [0.2, 0.25) is 0 Å². The number of nitrogens with two attached hydrogens (primary N) is 1. The first kappa shape index (κ1) is 14.5. The summed E-state index contributed by atoms with van der Waals surface area (Å²) in [4.78, 5) is 0. The summed E-state index contributed by atoms with van der Waals surface area (Å²) in [6.45, 7) is 1.39. The number of aromatic nitrogens is 2. The minimum atomic E-state index is -2.84. The predicted octanol–water partition coefficient (Wildman–Crippen LogP) is 2.80. The van der Waals surface area contributed by atoms with Gasteiger partial charge in [-0.25, -0.2) is 4.68 Å². The Labute approximate surface area is 116 Å².